The van der Waals surface area contributed by atoms with Crippen molar-refractivity contribution in [1.82, 2.24) is 0 Å². The lowest BCUT2D eigenvalue weighted by Crippen LogP contribution is -2.29. The van der Waals surface area contributed by atoms with Crippen molar-refractivity contribution in [2.24, 2.45) is 0 Å². The van der Waals surface area contributed by atoms with Gasteiger partial charge in [0.1, 0.15) is 5.75 Å². The van der Waals surface area contributed by atoms with Crippen LogP contribution >= 0.6 is 15.9 Å². The normalized spacial score (nSPS) is 11.2. The lowest BCUT2D eigenvalue weighted by Gasteiger charge is -2.22. The Morgan fingerprint density at radius 1 is 1.47 bits per heavy atom. The first-order valence-corrected chi connectivity index (χ1v) is 5.26. The number of carbonyl (C=O) groups is 1. The van der Waals surface area contributed by atoms with Crippen LogP contribution in [0.4, 0.5) is 0 Å². The Bertz CT molecular complexity index is 385. The number of halogens is 1. The molecule has 1 aromatic carbocycles. The van der Waals surface area contributed by atoms with E-state index in [0.717, 1.165) is 4.47 Å². The summed E-state index contributed by atoms with van der Waals surface area (Å²) in [7, 11) is 1.53. The highest BCUT2D eigenvalue weighted by atomic mass is 79.9. The third-order valence-corrected chi connectivity index (χ3v) is 2.86. The maximum atomic E-state index is 11.1. The van der Waals surface area contributed by atoms with Crippen LogP contribution in [0.3, 0.4) is 0 Å². The first-order chi connectivity index (χ1) is 6.89. The van der Waals surface area contributed by atoms with Crippen molar-refractivity contribution in [3.8, 4) is 5.75 Å². The van der Waals surface area contributed by atoms with E-state index in [0.29, 0.717) is 11.3 Å². The second-order valence-corrected chi connectivity index (χ2v) is 4.69. The van der Waals surface area contributed by atoms with Crippen molar-refractivity contribution in [1.29, 1.82) is 0 Å². The molecule has 0 atom stereocenters. The molecule has 0 bridgehead atoms. The van der Waals surface area contributed by atoms with Crippen LogP contribution in [0.15, 0.2) is 22.7 Å². The van der Waals surface area contributed by atoms with Gasteiger partial charge in [0, 0.05) is 10.0 Å². The largest absolute Gasteiger partial charge is 0.496 e. The van der Waals surface area contributed by atoms with Gasteiger partial charge in [-0.25, -0.2) is 0 Å². The Labute approximate surface area is 97.2 Å². The molecule has 0 aliphatic heterocycles. The van der Waals surface area contributed by atoms with Crippen molar-refractivity contribution in [3.05, 3.63) is 28.2 Å². The second kappa shape index (κ2) is 4.23. The number of ether oxygens (including phenoxy) is 1. The standard InChI is InChI=1S/C11H13BrO3/c1-11(2,10(13)14)8-6-7(12)4-5-9(8)15-3/h4-6H,1-3H3,(H,13,14). The molecule has 3 nitrogen and oxygen atoms in total. The molecule has 82 valence electrons. The Hall–Kier alpha value is -1.03. The van der Waals surface area contributed by atoms with Gasteiger partial charge in [-0.3, -0.25) is 4.79 Å². The van der Waals surface area contributed by atoms with Crippen LogP contribution in [-0.4, -0.2) is 18.2 Å². The minimum absolute atomic E-state index is 0.589. The summed E-state index contributed by atoms with van der Waals surface area (Å²) in [5.41, 5.74) is -0.304. The molecule has 0 fully saturated rings. The van der Waals surface area contributed by atoms with E-state index in [4.69, 9.17) is 9.84 Å². The summed E-state index contributed by atoms with van der Waals surface area (Å²) >= 11 is 3.32. The van der Waals surface area contributed by atoms with Crippen LogP contribution in [0.1, 0.15) is 19.4 Å². The molecule has 0 saturated carbocycles. The molecule has 15 heavy (non-hydrogen) atoms. The SMILES string of the molecule is COc1ccc(Br)cc1C(C)(C)C(=O)O. The molecule has 0 saturated heterocycles. The van der Waals surface area contributed by atoms with Crippen LogP contribution in [0.25, 0.3) is 0 Å². The summed E-state index contributed by atoms with van der Waals surface area (Å²) in [5.74, 6) is -0.287. The van der Waals surface area contributed by atoms with Gasteiger partial charge < -0.3 is 9.84 Å². The molecule has 0 spiro atoms. The average molecular weight is 273 g/mol. The number of aliphatic carboxylic acids is 1. The van der Waals surface area contributed by atoms with Gasteiger partial charge in [-0.1, -0.05) is 15.9 Å². The van der Waals surface area contributed by atoms with Gasteiger partial charge in [-0.15, -0.1) is 0 Å². The molecule has 4 heteroatoms. The Morgan fingerprint density at radius 3 is 2.53 bits per heavy atom. The van der Waals surface area contributed by atoms with Crippen LogP contribution in [-0.2, 0) is 10.2 Å². The van der Waals surface area contributed by atoms with E-state index >= 15 is 0 Å². The summed E-state index contributed by atoms with van der Waals surface area (Å²) in [6.07, 6.45) is 0. The quantitative estimate of drug-likeness (QED) is 0.921. The fraction of sp³-hybridized carbons (Fsp3) is 0.364. The number of hydrogen-bond acceptors (Lipinski definition) is 2. The zero-order valence-corrected chi connectivity index (χ0v) is 10.5. The number of methoxy groups -OCH3 is 1. The summed E-state index contributed by atoms with van der Waals surface area (Å²) in [6, 6.07) is 5.34. The number of carboxylic acids is 1. The summed E-state index contributed by atoms with van der Waals surface area (Å²) < 4.78 is 5.99. The monoisotopic (exact) mass is 272 g/mol. The zero-order valence-electron chi connectivity index (χ0n) is 8.87. The van der Waals surface area contributed by atoms with Gasteiger partial charge in [0.2, 0.25) is 0 Å². The molecule has 0 radical (unpaired) electrons. The van der Waals surface area contributed by atoms with Crippen LogP contribution < -0.4 is 4.74 Å². The van der Waals surface area contributed by atoms with Gasteiger partial charge >= 0.3 is 5.97 Å². The van der Waals surface area contributed by atoms with Gasteiger partial charge in [-0.05, 0) is 32.0 Å². The van der Waals surface area contributed by atoms with Gasteiger partial charge in [0.25, 0.3) is 0 Å². The molecular formula is C11H13BrO3. The van der Waals surface area contributed by atoms with Gasteiger partial charge in [-0.2, -0.15) is 0 Å². The van der Waals surface area contributed by atoms with E-state index in [-0.39, 0.29) is 0 Å². The molecule has 1 aromatic rings. The minimum Gasteiger partial charge on any atom is -0.496 e. The highest BCUT2D eigenvalue weighted by molar-refractivity contribution is 9.10. The molecule has 0 aliphatic carbocycles. The predicted molar refractivity (Wildman–Crippen MR) is 61.4 cm³/mol. The van der Waals surface area contributed by atoms with Crippen LogP contribution in [0, 0.1) is 0 Å². The Morgan fingerprint density at radius 2 is 2.07 bits per heavy atom. The highest BCUT2D eigenvalue weighted by Gasteiger charge is 2.32. The average Bonchev–Trinajstić information content (AvgIpc) is 2.17. The third-order valence-electron chi connectivity index (χ3n) is 2.37. The molecule has 0 amide bonds. The maximum absolute atomic E-state index is 11.1. The third kappa shape index (κ3) is 2.31. The molecule has 1 N–H and O–H groups in total. The van der Waals surface area contributed by atoms with Crippen molar-refractivity contribution < 1.29 is 14.6 Å². The fourth-order valence-corrected chi connectivity index (χ4v) is 1.64. The number of hydrogen-bond donors (Lipinski definition) is 1. The predicted octanol–water partition coefficient (Wildman–Crippen LogP) is 2.82. The molecule has 0 aliphatic rings. The molecular weight excluding hydrogens is 260 g/mol. The molecule has 1 rings (SSSR count). The van der Waals surface area contributed by atoms with Crippen molar-refractivity contribution in [3.63, 3.8) is 0 Å². The van der Waals surface area contributed by atoms with E-state index in [1.54, 1.807) is 26.0 Å². The van der Waals surface area contributed by atoms with Crippen LogP contribution in [0.2, 0.25) is 0 Å². The highest BCUT2D eigenvalue weighted by Crippen LogP contribution is 2.33. The van der Waals surface area contributed by atoms with Crippen molar-refractivity contribution in [2.45, 2.75) is 19.3 Å². The van der Waals surface area contributed by atoms with Crippen LogP contribution in [0.5, 0.6) is 5.75 Å². The minimum atomic E-state index is -0.963. The van der Waals surface area contributed by atoms with E-state index < -0.39 is 11.4 Å². The van der Waals surface area contributed by atoms with Gasteiger partial charge in [0.05, 0.1) is 12.5 Å². The molecule has 0 aromatic heterocycles. The first-order valence-electron chi connectivity index (χ1n) is 4.47. The van der Waals surface area contributed by atoms with Crippen molar-refractivity contribution in [2.75, 3.05) is 7.11 Å². The zero-order chi connectivity index (χ0) is 11.6. The molecule has 0 heterocycles. The summed E-state index contributed by atoms with van der Waals surface area (Å²) in [4.78, 5) is 11.1. The van der Waals surface area contributed by atoms with Crippen molar-refractivity contribution >= 4 is 21.9 Å². The maximum Gasteiger partial charge on any atom is 0.313 e. The number of benzene rings is 1. The number of rotatable bonds is 3. The second-order valence-electron chi connectivity index (χ2n) is 3.77. The smallest absolute Gasteiger partial charge is 0.313 e. The molecule has 0 unspecified atom stereocenters. The van der Waals surface area contributed by atoms with E-state index in [9.17, 15) is 4.79 Å². The number of carboxylic acid groups (broad SMARTS) is 1. The topological polar surface area (TPSA) is 46.5 Å². The summed E-state index contributed by atoms with van der Waals surface area (Å²) in [6.45, 7) is 3.30. The van der Waals surface area contributed by atoms with E-state index in [2.05, 4.69) is 15.9 Å². The Kier molecular flexibility index (Phi) is 3.39. The lowest BCUT2D eigenvalue weighted by molar-refractivity contribution is -0.142. The van der Waals surface area contributed by atoms with E-state index in [1.165, 1.54) is 7.11 Å². The Balaban J connectivity index is 3.34. The first kappa shape index (κ1) is 12.0. The lowest BCUT2D eigenvalue weighted by atomic mass is 9.84. The van der Waals surface area contributed by atoms with E-state index in [1.807, 2.05) is 6.07 Å². The fourth-order valence-electron chi connectivity index (χ4n) is 1.28. The van der Waals surface area contributed by atoms with Gasteiger partial charge in [0.15, 0.2) is 0 Å². The summed E-state index contributed by atoms with van der Waals surface area (Å²) in [5, 5.41) is 9.13.